The number of ether oxygens (including phenoxy) is 1. The highest BCUT2D eigenvalue weighted by Gasteiger charge is 2.34. The second-order valence-corrected chi connectivity index (χ2v) is 13.2. The van der Waals surface area contributed by atoms with E-state index in [4.69, 9.17) is 4.74 Å². The van der Waals surface area contributed by atoms with Crippen LogP contribution in [-0.2, 0) is 33.5 Å². The third-order valence-corrected chi connectivity index (χ3v) is 10.4. The lowest BCUT2D eigenvalue weighted by molar-refractivity contribution is -0.140. The van der Waals surface area contributed by atoms with Gasteiger partial charge < -0.3 is 14.2 Å². The molecule has 7 nitrogen and oxygen atoms in total. The van der Waals surface area contributed by atoms with Crippen LogP contribution in [0.15, 0.2) is 77.7 Å². The molecule has 3 aliphatic rings. The van der Waals surface area contributed by atoms with Gasteiger partial charge in [-0.05, 0) is 60.6 Å². The fourth-order valence-electron chi connectivity index (χ4n) is 7.24. The van der Waals surface area contributed by atoms with E-state index in [2.05, 4.69) is 39.6 Å². The minimum atomic E-state index is -1.66. The number of rotatable bonds is 5. The zero-order chi connectivity index (χ0) is 29.3. The molecular weight excluding hydrogens is 558 g/mol. The number of nitrogens with one attached hydrogen (secondary N) is 1. The maximum Gasteiger partial charge on any atom is 0.263 e. The first-order chi connectivity index (χ1) is 21.1. The van der Waals surface area contributed by atoms with Crippen LogP contribution in [0.2, 0.25) is 0 Å². The Morgan fingerprint density at radius 2 is 1.63 bits per heavy atom. The van der Waals surface area contributed by atoms with Crippen LogP contribution < -0.4 is 4.72 Å². The molecule has 2 fully saturated rings. The van der Waals surface area contributed by atoms with Crippen LogP contribution in [0.3, 0.4) is 0 Å². The smallest absolute Gasteiger partial charge is 0.263 e. The van der Waals surface area contributed by atoms with E-state index in [9.17, 15) is 13.8 Å². The lowest BCUT2D eigenvalue weighted by atomic mass is 9.81. The number of nitrogens with zero attached hydrogens (tertiary/aromatic N) is 2. The van der Waals surface area contributed by atoms with Crippen molar-refractivity contribution in [3.63, 3.8) is 0 Å². The maximum atomic E-state index is 14.0. The van der Waals surface area contributed by atoms with Gasteiger partial charge in [0.25, 0.3) is 5.91 Å². The molecule has 7 rings (SSSR count). The van der Waals surface area contributed by atoms with E-state index in [0.29, 0.717) is 55.6 Å². The molecule has 222 valence electrons. The van der Waals surface area contributed by atoms with Crippen molar-refractivity contribution in [1.29, 1.82) is 0 Å². The Kier molecular flexibility index (Phi) is 7.89. The standard InChI is InChI=1S/C35H37N3O4S/c39-34(36-43(41)28-12-5-2-6-13-28)26-15-16-30-31(22-26)38-23-27(35(40)37-17-19-42-20-18-37)21-25-11-7-8-14-29(25)33(38)32(30)24-9-3-1-4-10-24/h2,5-8,11-16,22,24,27H,1,3-4,9-10,17-21,23H2,(H,36,39). The van der Waals surface area contributed by atoms with Crippen LogP contribution in [0.5, 0.6) is 0 Å². The third kappa shape index (κ3) is 5.43. The molecule has 2 aliphatic heterocycles. The summed E-state index contributed by atoms with van der Waals surface area (Å²) < 4.78 is 23.4. The fraction of sp³-hybridized carbons (Fsp3) is 0.371. The molecule has 1 saturated heterocycles. The van der Waals surface area contributed by atoms with Crippen molar-refractivity contribution in [2.45, 2.75) is 55.9 Å². The van der Waals surface area contributed by atoms with Crippen LogP contribution in [0.1, 0.15) is 59.5 Å². The van der Waals surface area contributed by atoms with Crippen LogP contribution in [0.25, 0.3) is 22.2 Å². The van der Waals surface area contributed by atoms with Crippen LogP contribution in [0.4, 0.5) is 0 Å². The SMILES string of the molecule is O=C(NS(=O)c1ccccc1)c1ccc2c(C3CCCCC3)c3n(c2c1)CC(C(=O)N1CCOCC1)Cc1ccccc1-3. The van der Waals surface area contributed by atoms with E-state index in [0.717, 1.165) is 23.7 Å². The number of carbonyl (C=O) groups excluding carboxylic acids is 2. The van der Waals surface area contributed by atoms with E-state index < -0.39 is 11.0 Å². The van der Waals surface area contributed by atoms with Crippen molar-refractivity contribution in [2.24, 2.45) is 5.92 Å². The van der Waals surface area contributed by atoms with E-state index >= 15 is 0 Å². The van der Waals surface area contributed by atoms with Gasteiger partial charge in [0.05, 0.1) is 29.7 Å². The zero-order valence-electron chi connectivity index (χ0n) is 24.3. The molecule has 2 atom stereocenters. The first kappa shape index (κ1) is 28.0. The number of morpholine rings is 1. The van der Waals surface area contributed by atoms with E-state index in [1.807, 2.05) is 23.1 Å². The third-order valence-electron chi connectivity index (χ3n) is 9.34. The summed E-state index contributed by atoms with van der Waals surface area (Å²) >= 11 is 0. The molecule has 43 heavy (non-hydrogen) atoms. The highest BCUT2D eigenvalue weighted by Crippen LogP contribution is 2.46. The number of hydrogen-bond donors (Lipinski definition) is 1. The molecule has 4 aromatic rings. The van der Waals surface area contributed by atoms with Gasteiger partial charge >= 0.3 is 0 Å². The Morgan fingerprint density at radius 1 is 0.884 bits per heavy atom. The Morgan fingerprint density at radius 3 is 2.42 bits per heavy atom. The van der Waals surface area contributed by atoms with Gasteiger partial charge in [0, 0.05) is 41.7 Å². The van der Waals surface area contributed by atoms with Gasteiger partial charge in [-0.25, -0.2) is 4.21 Å². The predicted octanol–water partition coefficient (Wildman–Crippen LogP) is 5.84. The zero-order valence-corrected chi connectivity index (χ0v) is 25.1. The summed E-state index contributed by atoms with van der Waals surface area (Å²) in [6.45, 7) is 2.92. The predicted molar refractivity (Wildman–Crippen MR) is 168 cm³/mol. The van der Waals surface area contributed by atoms with Crippen molar-refractivity contribution >= 4 is 33.7 Å². The molecule has 0 radical (unpaired) electrons. The monoisotopic (exact) mass is 595 g/mol. The summed E-state index contributed by atoms with van der Waals surface area (Å²) in [4.78, 5) is 29.9. The van der Waals surface area contributed by atoms with Crippen LogP contribution in [-0.4, -0.2) is 51.8 Å². The summed E-state index contributed by atoms with van der Waals surface area (Å²) in [7, 11) is -1.66. The van der Waals surface area contributed by atoms with E-state index in [1.165, 1.54) is 41.6 Å². The van der Waals surface area contributed by atoms with Gasteiger partial charge in [0.2, 0.25) is 5.91 Å². The number of hydrogen-bond acceptors (Lipinski definition) is 4. The van der Waals surface area contributed by atoms with E-state index in [1.54, 1.807) is 24.3 Å². The highest BCUT2D eigenvalue weighted by atomic mass is 32.2. The van der Waals surface area contributed by atoms with Crippen molar-refractivity contribution in [3.8, 4) is 11.3 Å². The van der Waals surface area contributed by atoms with Gasteiger partial charge in [-0.2, -0.15) is 0 Å². The van der Waals surface area contributed by atoms with Gasteiger partial charge in [0.15, 0.2) is 11.0 Å². The van der Waals surface area contributed by atoms with Gasteiger partial charge in [0.1, 0.15) is 0 Å². The molecule has 1 aromatic heterocycles. The average Bonchev–Trinajstić information content (AvgIpc) is 3.27. The summed E-state index contributed by atoms with van der Waals surface area (Å²) in [5.41, 5.74) is 6.35. The van der Waals surface area contributed by atoms with Gasteiger partial charge in [-0.15, -0.1) is 0 Å². The number of benzene rings is 3. The average molecular weight is 596 g/mol. The minimum Gasteiger partial charge on any atom is -0.378 e. The number of amides is 2. The summed E-state index contributed by atoms with van der Waals surface area (Å²) in [6.07, 6.45) is 6.64. The number of fused-ring (bicyclic) bond motifs is 5. The molecule has 3 aromatic carbocycles. The van der Waals surface area contributed by atoms with Crippen LogP contribution >= 0.6 is 0 Å². The molecule has 2 amide bonds. The summed E-state index contributed by atoms with van der Waals surface area (Å²) in [5, 5.41) is 1.15. The maximum absolute atomic E-state index is 14.0. The van der Waals surface area contributed by atoms with Gasteiger partial charge in [-0.3, -0.25) is 14.3 Å². The number of aromatic nitrogens is 1. The van der Waals surface area contributed by atoms with Crippen molar-refractivity contribution in [2.75, 3.05) is 26.3 Å². The summed E-state index contributed by atoms with van der Waals surface area (Å²) in [6, 6.07) is 23.3. The second-order valence-electron chi connectivity index (χ2n) is 11.9. The van der Waals surface area contributed by atoms with Crippen molar-refractivity contribution in [1.82, 2.24) is 14.2 Å². The fourth-order valence-corrected chi connectivity index (χ4v) is 8.04. The molecule has 0 bridgehead atoms. The Bertz CT molecular complexity index is 1690. The first-order valence-electron chi connectivity index (χ1n) is 15.5. The molecule has 1 N–H and O–H groups in total. The Balaban J connectivity index is 1.35. The first-order valence-corrected chi connectivity index (χ1v) is 16.6. The minimum absolute atomic E-state index is 0.166. The summed E-state index contributed by atoms with van der Waals surface area (Å²) in [5.74, 6) is -0.0105. The largest absolute Gasteiger partial charge is 0.378 e. The highest BCUT2D eigenvalue weighted by molar-refractivity contribution is 7.83. The molecule has 3 heterocycles. The van der Waals surface area contributed by atoms with E-state index in [-0.39, 0.29) is 17.7 Å². The molecule has 1 saturated carbocycles. The molecule has 2 unspecified atom stereocenters. The molecule has 0 spiro atoms. The van der Waals surface area contributed by atoms with Crippen LogP contribution in [0, 0.1) is 5.92 Å². The topological polar surface area (TPSA) is 80.6 Å². The number of carbonyl (C=O) groups is 2. The Labute approximate surface area is 254 Å². The molecule has 8 heteroatoms. The Hall–Kier alpha value is -3.75. The lowest BCUT2D eigenvalue weighted by Gasteiger charge is -2.30. The van der Waals surface area contributed by atoms with Gasteiger partial charge in [-0.1, -0.05) is 67.8 Å². The van der Waals surface area contributed by atoms with Crippen molar-refractivity contribution in [3.05, 3.63) is 89.5 Å². The normalized spacial score (nSPS) is 19.7. The molecular formula is C35H37N3O4S. The quantitative estimate of drug-likeness (QED) is 0.314. The lowest BCUT2D eigenvalue weighted by Crippen LogP contribution is -2.45. The second kappa shape index (κ2) is 12.1. The molecule has 1 aliphatic carbocycles. The van der Waals surface area contributed by atoms with Crippen molar-refractivity contribution < 1.29 is 18.5 Å².